The van der Waals surface area contributed by atoms with Gasteiger partial charge in [0.25, 0.3) is 0 Å². The minimum atomic E-state index is 0.672. The molecule has 0 bridgehead atoms. The van der Waals surface area contributed by atoms with Gasteiger partial charge in [-0.05, 0) is 40.1 Å². The fourth-order valence-electron chi connectivity index (χ4n) is 2.63. The molecule has 122 valence electrons. The van der Waals surface area contributed by atoms with Crippen LogP contribution in [0, 0.1) is 0 Å². The Kier molecular flexibility index (Phi) is 4.96. The molecule has 4 nitrogen and oxygen atoms in total. The summed E-state index contributed by atoms with van der Waals surface area (Å²) in [4.78, 5) is 0. The number of nitrogens with one attached hydrogen (secondary N) is 1. The molecule has 0 atom stereocenters. The molecule has 4 heteroatoms. The molecule has 3 aromatic rings. The Morgan fingerprint density at radius 1 is 0.917 bits per heavy atom. The van der Waals surface area contributed by atoms with Crippen LogP contribution in [0.1, 0.15) is 11.1 Å². The lowest BCUT2D eigenvalue weighted by molar-refractivity contribution is 0.355. The van der Waals surface area contributed by atoms with Crippen molar-refractivity contribution in [2.45, 2.75) is 6.54 Å². The highest BCUT2D eigenvalue weighted by Gasteiger charge is 2.03. The van der Waals surface area contributed by atoms with E-state index in [2.05, 4.69) is 53.0 Å². The predicted molar refractivity (Wildman–Crippen MR) is 97.9 cm³/mol. The van der Waals surface area contributed by atoms with E-state index in [1.54, 1.807) is 20.4 Å². The predicted octanol–water partition coefficient (Wildman–Crippen LogP) is 3.98. The van der Waals surface area contributed by atoms with Gasteiger partial charge in [0.05, 0.1) is 27.0 Å². The van der Waals surface area contributed by atoms with E-state index in [1.807, 2.05) is 18.2 Å². The zero-order chi connectivity index (χ0) is 16.8. The molecule has 1 N–H and O–H groups in total. The van der Waals surface area contributed by atoms with Crippen LogP contribution in [0.3, 0.4) is 0 Å². The first-order valence-electron chi connectivity index (χ1n) is 7.76. The van der Waals surface area contributed by atoms with E-state index in [4.69, 9.17) is 9.47 Å². The van der Waals surface area contributed by atoms with Crippen molar-refractivity contribution in [3.8, 4) is 11.5 Å². The average molecular weight is 320 g/mol. The van der Waals surface area contributed by atoms with Crippen molar-refractivity contribution >= 4 is 17.0 Å². The number of fused-ring (bicyclic) bond motifs is 1. The summed E-state index contributed by atoms with van der Waals surface area (Å²) in [6.07, 6.45) is 1.77. The molecule has 0 spiro atoms. The lowest BCUT2D eigenvalue weighted by Gasteiger charge is -2.08. The van der Waals surface area contributed by atoms with E-state index in [9.17, 15) is 0 Å². The van der Waals surface area contributed by atoms with Crippen molar-refractivity contribution in [1.29, 1.82) is 0 Å². The fourth-order valence-corrected chi connectivity index (χ4v) is 2.63. The first kappa shape index (κ1) is 15.9. The van der Waals surface area contributed by atoms with Gasteiger partial charge in [-0.25, -0.2) is 0 Å². The number of hydrazone groups is 1. The largest absolute Gasteiger partial charge is 0.493 e. The summed E-state index contributed by atoms with van der Waals surface area (Å²) >= 11 is 0. The average Bonchev–Trinajstić information content (AvgIpc) is 2.65. The normalized spacial score (nSPS) is 10.9. The fraction of sp³-hybridized carbons (Fsp3) is 0.150. The SMILES string of the molecule is COc1ccc(/C=N/NCc2cccc3ccccc23)cc1OC. The molecular formula is C20H20N2O2. The van der Waals surface area contributed by atoms with Gasteiger partial charge >= 0.3 is 0 Å². The van der Waals surface area contributed by atoms with Gasteiger partial charge in [0, 0.05) is 0 Å². The maximum Gasteiger partial charge on any atom is 0.161 e. The second-order valence-corrected chi connectivity index (χ2v) is 5.35. The number of ether oxygens (including phenoxy) is 2. The van der Waals surface area contributed by atoms with Gasteiger partial charge in [-0.3, -0.25) is 0 Å². The molecule has 0 saturated heterocycles. The molecule has 0 saturated carbocycles. The van der Waals surface area contributed by atoms with Crippen molar-refractivity contribution in [1.82, 2.24) is 5.43 Å². The maximum absolute atomic E-state index is 5.29. The third kappa shape index (κ3) is 3.49. The lowest BCUT2D eigenvalue weighted by atomic mass is 10.1. The van der Waals surface area contributed by atoms with Gasteiger partial charge in [-0.15, -0.1) is 0 Å². The molecular weight excluding hydrogens is 300 g/mol. The number of nitrogens with zero attached hydrogens (tertiary/aromatic N) is 1. The van der Waals surface area contributed by atoms with Gasteiger partial charge in [-0.2, -0.15) is 5.10 Å². The molecule has 3 aromatic carbocycles. The first-order chi connectivity index (χ1) is 11.8. The van der Waals surface area contributed by atoms with Crippen LogP contribution in [0.2, 0.25) is 0 Å². The molecule has 0 aliphatic rings. The van der Waals surface area contributed by atoms with Crippen LogP contribution >= 0.6 is 0 Å². The van der Waals surface area contributed by atoms with Crippen LogP contribution in [-0.4, -0.2) is 20.4 Å². The molecule has 0 aliphatic heterocycles. The maximum atomic E-state index is 5.29. The van der Waals surface area contributed by atoms with Crippen molar-refractivity contribution in [2.24, 2.45) is 5.10 Å². The molecule has 3 rings (SSSR count). The standard InChI is InChI=1S/C20H20N2O2/c1-23-19-11-10-15(12-20(19)24-2)13-21-22-14-17-8-5-7-16-6-3-4-9-18(16)17/h3-13,22H,14H2,1-2H3/b21-13+. The number of benzene rings is 3. The summed E-state index contributed by atoms with van der Waals surface area (Å²) in [6.45, 7) is 0.672. The molecule has 0 heterocycles. The Morgan fingerprint density at radius 3 is 2.54 bits per heavy atom. The van der Waals surface area contributed by atoms with E-state index in [-0.39, 0.29) is 0 Å². The van der Waals surface area contributed by atoms with E-state index < -0.39 is 0 Å². The van der Waals surface area contributed by atoms with E-state index in [1.165, 1.54) is 16.3 Å². The summed E-state index contributed by atoms with van der Waals surface area (Å²) in [5, 5.41) is 6.78. The highest BCUT2D eigenvalue weighted by Crippen LogP contribution is 2.26. The van der Waals surface area contributed by atoms with Crippen LogP contribution in [0.25, 0.3) is 10.8 Å². The highest BCUT2D eigenvalue weighted by atomic mass is 16.5. The van der Waals surface area contributed by atoms with Crippen molar-refractivity contribution < 1.29 is 9.47 Å². The van der Waals surface area contributed by atoms with E-state index in [0.717, 1.165) is 5.56 Å². The van der Waals surface area contributed by atoms with Crippen LogP contribution in [0.15, 0.2) is 65.8 Å². The Morgan fingerprint density at radius 2 is 1.71 bits per heavy atom. The van der Waals surface area contributed by atoms with Gasteiger partial charge in [0.1, 0.15) is 0 Å². The summed E-state index contributed by atoms with van der Waals surface area (Å²) in [5.41, 5.74) is 5.27. The second-order valence-electron chi connectivity index (χ2n) is 5.35. The smallest absolute Gasteiger partial charge is 0.161 e. The summed E-state index contributed by atoms with van der Waals surface area (Å²) in [5.74, 6) is 1.40. The third-order valence-electron chi connectivity index (χ3n) is 3.86. The van der Waals surface area contributed by atoms with Gasteiger partial charge in [0.15, 0.2) is 11.5 Å². The van der Waals surface area contributed by atoms with Gasteiger partial charge in [0.2, 0.25) is 0 Å². The monoisotopic (exact) mass is 320 g/mol. The minimum absolute atomic E-state index is 0.672. The highest BCUT2D eigenvalue weighted by molar-refractivity contribution is 5.85. The Balaban J connectivity index is 1.68. The molecule has 24 heavy (non-hydrogen) atoms. The van der Waals surface area contributed by atoms with E-state index >= 15 is 0 Å². The molecule has 0 aliphatic carbocycles. The Labute approximate surface area is 141 Å². The lowest BCUT2D eigenvalue weighted by Crippen LogP contribution is -2.06. The number of hydrogen-bond acceptors (Lipinski definition) is 4. The summed E-state index contributed by atoms with van der Waals surface area (Å²) < 4.78 is 10.5. The number of methoxy groups -OCH3 is 2. The van der Waals surface area contributed by atoms with Crippen molar-refractivity contribution in [2.75, 3.05) is 14.2 Å². The molecule has 0 fully saturated rings. The number of hydrogen-bond donors (Lipinski definition) is 1. The minimum Gasteiger partial charge on any atom is -0.493 e. The Hall–Kier alpha value is -3.01. The van der Waals surface area contributed by atoms with Crippen LogP contribution in [0.4, 0.5) is 0 Å². The zero-order valence-corrected chi connectivity index (χ0v) is 13.8. The molecule has 0 radical (unpaired) electrons. The molecule has 0 amide bonds. The first-order valence-corrected chi connectivity index (χ1v) is 7.76. The van der Waals surface area contributed by atoms with Crippen LogP contribution in [-0.2, 0) is 6.54 Å². The third-order valence-corrected chi connectivity index (χ3v) is 3.86. The molecule has 0 unspecified atom stereocenters. The Bertz CT molecular complexity index is 854. The molecule has 0 aromatic heterocycles. The van der Waals surface area contributed by atoms with Crippen LogP contribution in [0.5, 0.6) is 11.5 Å². The van der Waals surface area contributed by atoms with Crippen molar-refractivity contribution in [3.05, 3.63) is 71.8 Å². The summed E-state index contributed by atoms with van der Waals surface area (Å²) in [6, 6.07) is 20.3. The van der Waals surface area contributed by atoms with E-state index in [0.29, 0.717) is 18.0 Å². The van der Waals surface area contributed by atoms with Crippen LogP contribution < -0.4 is 14.9 Å². The zero-order valence-electron chi connectivity index (χ0n) is 13.8. The number of rotatable bonds is 6. The topological polar surface area (TPSA) is 42.8 Å². The van der Waals surface area contributed by atoms with Gasteiger partial charge in [-0.1, -0.05) is 42.5 Å². The second kappa shape index (κ2) is 7.51. The van der Waals surface area contributed by atoms with Crippen molar-refractivity contribution in [3.63, 3.8) is 0 Å². The quantitative estimate of drug-likeness (QED) is 0.552. The summed E-state index contributed by atoms with van der Waals surface area (Å²) in [7, 11) is 3.24. The van der Waals surface area contributed by atoms with Gasteiger partial charge < -0.3 is 14.9 Å².